The van der Waals surface area contributed by atoms with Crippen LogP contribution in [-0.4, -0.2) is 32.1 Å². The summed E-state index contributed by atoms with van der Waals surface area (Å²) >= 11 is 12.2. The van der Waals surface area contributed by atoms with Crippen molar-refractivity contribution in [2.75, 3.05) is 24.2 Å². The molecule has 0 unspecified atom stereocenters. The standard InChI is InChI=1S/C25H20Cl2N2O5/c1-32-18-10-11-19(20(13-18)33-2)22-21-23(34-29(22)16-8-6-14(26)7-9-16)25(31)28(24(21)30)17-5-3-4-15(27)12-17/h3-13,21-23H,1-2H3/t21-,22-,23+/m0/s1. The number of nitrogens with zero attached hydrogens (tertiary/aromatic N) is 2. The van der Waals surface area contributed by atoms with Crippen molar-refractivity contribution in [3.05, 3.63) is 82.3 Å². The fourth-order valence-electron chi connectivity index (χ4n) is 4.47. The molecule has 9 heteroatoms. The third-order valence-electron chi connectivity index (χ3n) is 6.02. The predicted molar refractivity (Wildman–Crippen MR) is 129 cm³/mol. The van der Waals surface area contributed by atoms with E-state index in [2.05, 4.69) is 0 Å². The molecule has 7 nitrogen and oxygen atoms in total. The number of imide groups is 1. The molecule has 0 radical (unpaired) electrons. The minimum atomic E-state index is -1.01. The van der Waals surface area contributed by atoms with Crippen LogP contribution in [0.5, 0.6) is 11.5 Å². The number of amides is 2. The Kier molecular flexibility index (Phi) is 5.85. The monoisotopic (exact) mass is 498 g/mol. The first kappa shape index (κ1) is 22.5. The van der Waals surface area contributed by atoms with Gasteiger partial charge in [-0.3, -0.25) is 14.4 Å². The van der Waals surface area contributed by atoms with Gasteiger partial charge in [-0.25, -0.2) is 9.96 Å². The molecule has 0 saturated carbocycles. The van der Waals surface area contributed by atoms with Gasteiger partial charge in [-0.2, -0.15) is 0 Å². The predicted octanol–water partition coefficient (Wildman–Crippen LogP) is 5.06. The van der Waals surface area contributed by atoms with Gasteiger partial charge in [0.25, 0.3) is 5.91 Å². The number of halogens is 2. The zero-order valence-electron chi connectivity index (χ0n) is 18.3. The van der Waals surface area contributed by atoms with Crippen molar-refractivity contribution in [3.8, 4) is 11.5 Å². The lowest BCUT2D eigenvalue weighted by atomic mass is 9.90. The highest BCUT2D eigenvalue weighted by Crippen LogP contribution is 2.50. The number of anilines is 2. The maximum absolute atomic E-state index is 13.7. The van der Waals surface area contributed by atoms with E-state index in [0.29, 0.717) is 38.5 Å². The van der Waals surface area contributed by atoms with Gasteiger partial charge < -0.3 is 9.47 Å². The third-order valence-corrected chi connectivity index (χ3v) is 6.51. The van der Waals surface area contributed by atoms with Gasteiger partial charge in [-0.1, -0.05) is 29.3 Å². The lowest BCUT2D eigenvalue weighted by Gasteiger charge is -2.29. The summed E-state index contributed by atoms with van der Waals surface area (Å²) in [5.41, 5.74) is 1.73. The Morgan fingerprint density at radius 3 is 2.26 bits per heavy atom. The summed E-state index contributed by atoms with van der Waals surface area (Å²) in [7, 11) is 3.10. The van der Waals surface area contributed by atoms with Crippen LogP contribution in [-0.2, 0) is 14.4 Å². The summed E-state index contributed by atoms with van der Waals surface area (Å²) in [5, 5.41) is 2.56. The van der Waals surface area contributed by atoms with Gasteiger partial charge in [-0.05, 0) is 54.6 Å². The molecule has 2 aliphatic heterocycles. The van der Waals surface area contributed by atoms with E-state index in [1.54, 1.807) is 72.8 Å². The molecule has 5 rings (SSSR count). The first-order valence-electron chi connectivity index (χ1n) is 10.5. The molecule has 3 aromatic rings. The van der Waals surface area contributed by atoms with Crippen LogP contribution in [0.25, 0.3) is 0 Å². The number of ether oxygens (including phenoxy) is 2. The quantitative estimate of drug-likeness (QED) is 0.458. The van der Waals surface area contributed by atoms with Gasteiger partial charge in [-0.15, -0.1) is 0 Å². The first-order valence-corrected chi connectivity index (χ1v) is 11.3. The van der Waals surface area contributed by atoms with Gasteiger partial charge in [0.05, 0.1) is 31.6 Å². The van der Waals surface area contributed by atoms with E-state index in [0.717, 1.165) is 4.90 Å². The van der Waals surface area contributed by atoms with Crippen molar-refractivity contribution in [2.45, 2.75) is 12.1 Å². The maximum Gasteiger partial charge on any atom is 0.266 e. The van der Waals surface area contributed by atoms with Crippen LogP contribution < -0.4 is 19.4 Å². The van der Waals surface area contributed by atoms with Crippen molar-refractivity contribution >= 4 is 46.4 Å². The number of benzene rings is 3. The first-order chi connectivity index (χ1) is 16.4. The van der Waals surface area contributed by atoms with E-state index in [1.807, 2.05) is 6.07 Å². The minimum Gasteiger partial charge on any atom is -0.497 e. The van der Waals surface area contributed by atoms with Crippen LogP contribution in [0.3, 0.4) is 0 Å². The van der Waals surface area contributed by atoms with Crippen molar-refractivity contribution in [2.24, 2.45) is 5.92 Å². The van der Waals surface area contributed by atoms with Gasteiger partial charge in [0.2, 0.25) is 5.91 Å². The SMILES string of the molecule is COc1ccc([C@H]2[C@@H]3C(=O)N(c4cccc(Cl)c4)C(=O)[C@@H]3ON2c2ccc(Cl)cc2)c(OC)c1. The summed E-state index contributed by atoms with van der Waals surface area (Å²) in [6, 6.07) is 18.3. The van der Waals surface area contributed by atoms with Crippen LogP contribution in [0.1, 0.15) is 11.6 Å². The number of fused-ring (bicyclic) bond motifs is 1. The fraction of sp³-hybridized carbons (Fsp3) is 0.200. The van der Waals surface area contributed by atoms with E-state index >= 15 is 0 Å². The van der Waals surface area contributed by atoms with E-state index < -0.39 is 24.0 Å². The third kappa shape index (κ3) is 3.66. The molecule has 2 fully saturated rings. The zero-order chi connectivity index (χ0) is 24.0. The topological polar surface area (TPSA) is 68.3 Å². The number of carbonyl (C=O) groups is 2. The highest BCUT2D eigenvalue weighted by Gasteiger charge is 2.60. The lowest BCUT2D eigenvalue weighted by Crippen LogP contribution is -2.37. The normalized spacial score (nSPS) is 21.7. The molecule has 3 aromatic carbocycles. The summed E-state index contributed by atoms with van der Waals surface area (Å²) < 4.78 is 11.0. The Labute approximate surface area is 206 Å². The molecule has 2 heterocycles. The smallest absolute Gasteiger partial charge is 0.266 e. The van der Waals surface area contributed by atoms with Crippen molar-refractivity contribution < 1.29 is 23.9 Å². The number of methoxy groups -OCH3 is 2. The highest BCUT2D eigenvalue weighted by atomic mass is 35.5. The molecular weight excluding hydrogens is 479 g/mol. The van der Waals surface area contributed by atoms with Crippen LogP contribution in [0.2, 0.25) is 10.0 Å². The second-order valence-corrected chi connectivity index (χ2v) is 8.77. The molecule has 2 aliphatic rings. The second kappa shape index (κ2) is 8.83. The molecule has 0 N–H and O–H groups in total. The van der Waals surface area contributed by atoms with Gasteiger partial charge >= 0.3 is 0 Å². The number of carbonyl (C=O) groups excluding carboxylic acids is 2. The Bertz CT molecular complexity index is 1270. The van der Waals surface area contributed by atoms with Crippen molar-refractivity contribution in [3.63, 3.8) is 0 Å². The molecule has 0 aliphatic carbocycles. The Balaban J connectivity index is 1.63. The van der Waals surface area contributed by atoms with Crippen molar-refractivity contribution in [1.29, 1.82) is 0 Å². The van der Waals surface area contributed by atoms with Gasteiger partial charge in [0, 0.05) is 21.7 Å². The molecule has 2 amide bonds. The summed E-state index contributed by atoms with van der Waals surface area (Å²) in [4.78, 5) is 34.4. The maximum atomic E-state index is 13.7. The lowest BCUT2D eigenvalue weighted by molar-refractivity contribution is -0.126. The molecule has 0 aromatic heterocycles. The van der Waals surface area contributed by atoms with Crippen LogP contribution in [0.15, 0.2) is 66.7 Å². The minimum absolute atomic E-state index is 0.378. The molecule has 0 spiro atoms. The molecule has 34 heavy (non-hydrogen) atoms. The van der Waals surface area contributed by atoms with Crippen LogP contribution >= 0.6 is 23.2 Å². The van der Waals surface area contributed by atoms with Gasteiger partial charge in [0.15, 0.2) is 6.10 Å². The average Bonchev–Trinajstić information content (AvgIpc) is 3.34. The summed E-state index contributed by atoms with van der Waals surface area (Å²) in [6.45, 7) is 0. The van der Waals surface area contributed by atoms with Crippen LogP contribution in [0.4, 0.5) is 11.4 Å². The molecular formula is C25H20Cl2N2O5. The number of rotatable bonds is 5. The van der Waals surface area contributed by atoms with E-state index in [-0.39, 0.29) is 5.91 Å². The van der Waals surface area contributed by atoms with Gasteiger partial charge in [0.1, 0.15) is 17.4 Å². The Hall–Kier alpha value is -3.26. The zero-order valence-corrected chi connectivity index (χ0v) is 19.8. The second-order valence-electron chi connectivity index (χ2n) is 7.90. The van der Waals surface area contributed by atoms with E-state index in [4.69, 9.17) is 37.5 Å². The van der Waals surface area contributed by atoms with E-state index in [1.165, 1.54) is 7.11 Å². The average molecular weight is 499 g/mol. The van der Waals surface area contributed by atoms with E-state index in [9.17, 15) is 9.59 Å². The number of hydrogen-bond donors (Lipinski definition) is 0. The van der Waals surface area contributed by atoms with Crippen LogP contribution in [0, 0.1) is 5.92 Å². The molecule has 2 saturated heterocycles. The summed E-state index contributed by atoms with van der Waals surface area (Å²) in [6.07, 6.45) is -1.01. The Morgan fingerprint density at radius 2 is 1.59 bits per heavy atom. The Morgan fingerprint density at radius 1 is 0.824 bits per heavy atom. The molecule has 174 valence electrons. The largest absolute Gasteiger partial charge is 0.497 e. The highest BCUT2D eigenvalue weighted by molar-refractivity contribution is 6.31. The molecule has 0 bridgehead atoms. The fourth-order valence-corrected chi connectivity index (χ4v) is 4.79. The number of hydrogen-bond acceptors (Lipinski definition) is 6. The number of hydroxylamine groups is 1. The summed E-state index contributed by atoms with van der Waals surface area (Å²) in [5.74, 6) is -0.537. The molecule has 3 atom stereocenters. The van der Waals surface area contributed by atoms with Crippen molar-refractivity contribution in [1.82, 2.24) is 0 Å².